The third-order valence-electron chi connectivity index (χ3n) is 6.56. The molecule has 2 N–H and O–H groups in total. The maximum Gasteiger partial charge on any atom is 0.0762 e. The van der Waals surface area contributed by atoms with Crippen LogP contribution in [0.5, 0.6) is 0 Å². The Kier molecular flexibility index (Phi) is 5.30. The van der Waals surface area contributed by atoms with E-state index >= 15 is 0 Å². The van der Waals surface area contributed by atoms with Crippen LogP contribution in [0.25, 0.3) is 31.3 Å². The number of hydrogen-bond donors (Lipinski definition) is 2. The van der Waals surface area contributed by atoms with Gasteiger partial charge in [0.25, 0.3) is 0 Å². The highest BCUT2D eigenvalue weighted by Crippen LogP contribution is 2.49. The Hall–Kier alpha value is -1.98. The summed E-state index contributed by atoms with van der Waals surface area (Å²) in [5.41, 5.74) is 7.64. The topological polar surface area (TPSA) is 40.5 Å². The Morgan fingerprint density at radius 1 is 0.710 bits per heavy atom. The highest BCUT2D eigenvalue weighted by atomic mass is 32.1. The summed E-state index contributed by atoms with van der Waals surface area (Å²) in [6.07, 6.45) is 2.43. The maximum absolute atomic E-state index is 10.1. The number of hydrogen-bond acceptors (Lipinski definition) is 4. The van der Waals surface area contributed by atoms with E-state index in [1.165, 1.54) is 58.6 Å². The fourth-order valence-electron chi connectivity index (χ4n) is 5.04. The van der Waals surface area contributed by atoms with Crippen molar-refractivity contribution in [1.82, 2.24) is 0 Å². The van der Waals surface area contributed by atoms with Crippen molar-refractivity contribution in [3.8, 4) is 0 Å². The molecule has 2 aromatic heterocycles. The number of benzene rings is 2. The van der Waals surface area contributed by atoms with Crippen molar-refractivity contribution in [2.24, 2.45) is 0 Å². The first-order chi connectivity index (χ1) is 14.8. The van der Waals surface area contributed by atoms with Crippen molar-refractivity contribution in [2.75, 3.05) is 0 Å². The third kappa shape index (κ3) is 3.46. The van der Waals surface area contributed by atoms with Crippen LogP contribution in [0.3, 0.4) is 0 Å². The van der Waals surface area contributed by atoms with E-state index in [-0.39, 0.29) is 0 Å². The monoisotopic (exact) mass is 448 g/mol. The van der Waals surface area contributed by atoms with Crippen molar-refractivity contribution in [1.29, 1.82) is 0 Å². The minimum atomic E-state index is -0.462. The molecule has 2 aromatic carbocycles. The summed E-state index contributed by atoms with van der Waals surface area (Å²) < 4.78 is 2.58. The molecule has 0 amide bonds. The van der Waals surface area contributed by atoms with Gasteiger partial charge in [0, 0.05) is 29.9 Å². The van der Waals surface area contributed by atoms with Crippen LogP contribution in [0.1, 0.15) is 77.3 Å². The second kappa shape index (κ2) is 7.86. The van der Waals surface area contributed by atoms with Gasteiger partial charge in [-0.3, -0.25) is 0 Å². The average molecular weight is 449 g/mol. The molecule has 0 bridgehead atoms. The predicted octanol–water partition coefficient (Wildman–Crippen LogP) is 7.93. The number of aliphatic hydroxyl groups excluding tert-OH is 2. The summed E-state index contributed by atoms with van der Waals surface area (Å²) in [5.74, 6) is 0. The number of aliphatic hydroxyl groups is 2. The molecule has 0 fully saturated rings. The van der Waals surface area contributed by atoms with Gasteiger partial charge in [0.1, 0.15) is 0 Å². The molecule has 0 saturated heterocycles. The van der Waals surface area contributed by atoms with Gasteiger partial charge in [-0.1, -0.05) is 12.1 Å². The number of rotatable bonds is 4. The average Bonchev–Trinajstić information content (AvgIpc) is 3.39. The Balaban J connectivity index is 1.77. The maximum atomic E-state index is 10.1. The van der Waals surface area contributed by atoms with E-state index < -0.39 is 12.2 Å². The zero-order valence-electron chi connectivity index (χ0n) is 18.5. The molecule has 5 rings (SSSR count). The van der Waals surface area contributed by atoms with Gasteiger partial charge in [-0.15, -0.1) is 22.7 Å². The predicted molar refractivity (Wildman–Crippen MR) is 135 cm³/mol. The Labute approximate surface area is 191 Å². The van der Waals surface area contributed by atoms with Gasteiger partial charge in [-0.25, -0.2) is 0 Å². The van der Waals surface area contributed by atoms with E-state index in [0.29, 0.717) is 0 Å². The van der Waals surface area contributed by atoms with E-state index in [9.17, 15) is 10.2 Å². The summed E-state index contributed by atoms with van der Waals surface area (Å²) in [7, 11) is 0. The largest absolute Gasteiger partial charge is 0.389 e. The summed E-state index contributed by atoms with van der Waals surface area (Å²) in [6, 6.07) is 12.8. The first-order valence-electron chi connectivity index (χ1n) is 11.0. The summed E-state index contributed by atoms with van der Waals surface area (Å²) in [4.78, 5) is 2.71. The zero-order valence-corrected chi connectivity index (χ0v) is 20.1. The van der Waals surface area contributed by atoms with Crippen LogP contribution < -0.4 is 0 Å². The first-order valence-corrected chi connectivity index (χ1v) is 12.6. The SMILES string of the molecule is Cc1sc2ccc(C(C)O)cc2c1C1=C(c2c(C)sc3ccc(C(C)O)cc23)CCC1. The quantitative estimate of drug-likeness (QED) is 0.333. The molecule has 4 aromatic rings. The van der Waals surface area contributed by atoms with E-state index in [1.54, 1.807) is 0 Å². The van der Waals surface area contributed by atoms with Gasteiger partial charge < -0.3 is 10.2 Å². The van der Waals surface area contributed by atoms with Crippen LogP contribution in [0.2, 0.25) is 0 Å². The van der Waals surface area contributed by atoms with E-state index in [2.05, 4.69) is 38.1 Å². The van der Waals surface area contributed by atoms with Crippen LogP contribution in [-0.2, 0) is 0 Å². The van der Waals surface area contributed by atoms with Gasteiger partial charge in [0.2, 0.25) is 0 Å². The lowest BCUT2D eigenvalue weighted by atomic mass is 9.92. The van der Waals surface area contributed by atoms with Crippen LogP contribution in [0.15, 0.2) is 36.4 Å². The van der Waals surface area contributed by atoms with Gasteiger partial charge in [0.15, 0.2) is 0 Å². The van der Waals surface area contributed by atoms with Crippen molar-refractivity contribution in [2.45, 2.75) is 59.2 Å². The van der Waals surface area contributed by atoms with Crippen molar-refractivity contribution in [3.05, 3.63) is 68.4 Å². The third-order valence-corrected chi connectivity index (χ3v) is 8.73. The van der Waals surface area contributed by atoms with Gasteiger partial charge in [-0.05, 0) is 105 Å². The number of allylic oxidation sites excluding steroid dienone is 2. The molecule has 2 unspecified atom stereocenters. The Bertz CT molecular complexity index is 1230. The molecule has 2 atom stereocenters. The first kappa shape index (κ1) is 20.9. The molecular formula is C27H28O2S2. The number of aryl methyl sites for hydroxylation is 2. The number of thiophene rings is 2. The van der Waals surface area contributed by atoms with Crippen molar-refractivity contribution < 1.29 is 10.2 Å². The van der Waals surface area contributed by atoms with E-state index in [0.717, 1.165) is 24.0 Å². The molecule has 31 heavy (non-hydrogen) atoms. The fourth-order valence-corrected chi connectivity index (χ4v) is 7.18. The highest BCUT2D eigenvalue weighted by molar-refractivity contribution is 7.19. The second-order valence-corrected chi connectivity index (χ2v) is 11.3. The molecule has 2 nitrogen and oxygen atoms in total. The van der Waals surface area contributed by atoms with E-state index in [4.69, 9.17) is 0 Å². The zero-order chi connectivity index (χ0) is 21.9. The molecule has 1 aliphatic rings. The summed E-state index contributed by atoms with van der Waals surface area (Å²) in [6.45, 7) is 8.13. The smallest absolute Gasteiger partial charge is 0.0762 e. The fraction of sp³-hybridized carbons (Fsp3) is 0.333. The molecule has 0 aliphatic heterocycles. The summed E-state index contributed by atoms with van der Waals surface area (Å²) in [5, 5.41) is 22.8. The molecule has 0 radical (unpaired) electrons. The van der Waals surface area contributed by atoms with Crippen LogP contribution in [0.4, 0.5) is 0 Å². The van der Waals surface area contributed by atoms with Crippen LogP contribution in [-0.4, -0.2) is 10.2 Å². The molecular weight excluding hydrogens is 420 g/mol. The molecule has 2 heterocycles. The van der Waals surface area contributed by atoms with Crippen LogP contribution >= 0.6 is 22.7 Å². The minimum Gasteiger partial charge on any atom is -0.389 e. The molecule has 160 valence electrons. The lowest BCUT2D eigenvalue weighted by Gasteiger charge is -2.12. The highest BCUT2D eigenvalue weighted by Gasteiger charge is 2.26. The van der Waals surface area contributed by atoms with Crippen LogP contribution in [0, 0.1) is 13.8 Å². The van der Waals surface area contributed by atoms with Gasteiger partial charge in [0.05, 0.1) is 12.2 Å². The molecule has 0 spiro atoms. The Morgan fingerprint density at radius 3 is 1.52 bits per heavy atom. The second-order valence-electron chi connectivity index (χ2n) is 8.74. The normalized spacial score (nSPS) is 16.6. The molecule has 0 saturated carbocycles. The minimum absolute atomic E-state index is 0.462. The standard InChI is InChI=1S/C27H28O2S2/c1-14(28)18-8-10-24-22(12-18)26(16(3)30-24)20-6-5-7-21(20)27-17(4)31-25-11-9-19(15(2)29)13-23(25)27/h8-15,28-29H,5-7H2,1-4H3. The van der Waals surface area contributed by atoms with Crippen molar-refractivity contribution in [3.63, 3.8) is 0 Å². The van der Waals surface area contributed by atoms with Gasteiger partial charge >= 0.3 is 0 Å². The van der Waals surface area contributed by atoms with Gasteiger partial charge in [-0.2, -0.15) is 0 Å². The van der Waals surface area contributed by atoms with E-state index in [1.807, 2.05) is 48.7 Å². The lowest BCUT2D eigenvalue weighted by Crippen LogP contribution is -1.93. The summed E-state index contributed by atoms with van der Waals surface area (Å²) >= 11 is 3.71. The van der Waals surface area contributed by atoms with Crippen molar-refractivity contribution >= 4 is 54.0 Å². The Morgan fingerprint density at radius 2 is 1.13 bits per heavy atom. The molecule has 1 aliphatic carbocycles. The number of fused-ring (bicyclic) bond motifs is 2. The molecule has 4 heteroatoms. The lowest BCUT2D eigenvalue weighted by molar-refractivity contribution is 0.199.